The number of thiazole rings is 1. The lowest BCUT2D eigenvalue weighted by Crippen LogP contribution is -1.85. The van der Waals surface area contributed by atoms with Gasteiger partial charge in [0.2, 0.25) is 0 Å². The fourth-order valence-electron chi connectivity index (χ4n) is 0.833. The van der Waals surface area contributed by atoms with Crippen LogP contribution in [0.5, 0.6) is 0 Å². The molecule has 0 aliphatic carbocycles. The van der Waals surface area contributed by atoms with Crippen LogP contribution in [0.4, 0.5) is 5.13 Å². The fourth-order valence-corrected chi connectivity index (χ4v) is 1.57. The third kappa shape index (κ3) is 1.87. The number of nitrogen functional groups attached to an aromatic ring is 1. The van der Waals surface area contributed by atoms with Crippen LogP contribution in [0.3, 0.4) is 0 Å². The molecular formula is C8H9ClN2S. The van der Waals surface area contributed by atoms with E-state index in [1.165, 1.54) is 11.3 Å². The second-order valence-corrected chi connectivity index (χ2v) is 3.68. The van der Waals surface area contributed by atoms with Gasteiger partial charge in [-0.3, -0.25) is 0 Å². The summed E-state index contributed by atoms with van der Waals surface area (Å²) in [6, 6.07) is 0. The number of hydrogen-bond acceptors (Lipinski definition) is 3. The minimum Gasteiger partial charge on any atom is -0.375 e. The molecule has 0 aromatic carbocycles. The Balaban J connectivity index is 3.12. The van der Waals surface area contributed by atoms with Crippen LogP contribution < -0.4 is 5.73 Å². The van der Waals surface area contributed by atoms with E-state index in [1.54, 1.807) is 13.0 Å². The Bertz CT molecular complexity index is 324. The summed E-state index contributed by atoms with van der Waals surface area (Å²) in [5.74, 6) is 0. The first-order valence-corrected chi connectivity index (χ1v) is 4.61. The highest BCUT2D eigenvalue weighted by Gasteiger charge is 2.04. The lowest BCUT2D eigenvalue weighted by Gasteiger charge is -1.96. The lowest BCUT2D eigenvalue weighted by molar-refractivity contribution is 1.36. The maximum absolute atomic E-state index is 5.82. The van der Waals surface area contributed by atoms with Gasteiger partial charge in [0.25, 0.3) is 0 Å². The van der Waals surface area contributed by atoms with Crippen molar-refractivity contribution < 1.29 is 0 Å². The summed E-state index contributed by atoms with van der Waals surface area (Å²) in [5, 5.41) is 3.08. The van der Waals surface area contributed by atoms with Gasteiger partial charge in [0.15, 0.2) is 5.13 Å². The minimum absolute atomic E-state index is 0.544. The van der Waals surface area contributed by atoms with Crippen LogP contribution >= 0.6 is 22.9 Å². The van der Waals surface area contributed by atoms with Crippen LogP contribution in [0.15, 0.2) is 23.1 Å². The van der Waals surface area contributed by atoms with Crippen LogP contribution in [0.1, 0.15) is 12.6 Å². The molecule has 1 aromatic heterocycles. The van der Waals surface area contributed by atoms with Crippen molar-refractivity contribution in [2.75, 3.05) is 5.73 Å². The van der Waals surface area contributed by atoms with Crippen LogP contribution in [0, 0.1) is 0 Å². The van der Waals surface area contributed by atoms with Crippen molar-refractivity contribution >= 4 is 33.6 Å². The molecule has 0 aliphatic heterocycles. The van der Waals surface area contributed by atoms with E-state index in [0.29, 0.717) is 10.2 Å². The number of anilines is 1. The minimum atomic E-state index is 0.544. The molecule has 0 saturated heterocycles. The molecular weight excluding hydrogens is 192 g/mol. The molecule has 2 N–H and O–H groups in total. The molecule has 0 radical (unpaired) electrons. The first kappa shape index (κ1) is 9.29. The van der Waals surface area contributed by atoms with Crippen molar-refractivity contribution in [2.24, 2.45) is 0 Å². The van der Waals surface area contributed by atoms with Gasteiger partial charge in [-0.15, -0.1) is 11.3 Å². The molecule has 4 heteroatoms. The van der Waals surface area contributed by atoms with Gasteiger partial charge in [-0.1, -0.05) is 24.3 Å². The van der Waals surface area contributed by atoms with E-state index >= 15 is 0 Å². The van der Waals surface area contributed by atoms with E-state index in [0.717, 1.165) is 11.3 Å². The molecule has 0 bridgehead atoms. The van der Waals surface area contributed by atoms with E-state index in [1.807, 2.05) is 5.38 Å². The van der Waals surface area contributed by atoms with Gasteiger partial charge in [-0.25, -0.2) is 4.98 Å². The fraction of sp³-hybridized carbons (Fsp3) is 0.125. The summed E-state index contributed by atoms with van der Waals surface area (Å²) in [4.78, 5) is 4.09. The normalized spacial score (nSPS) is 12.5. The Morgan fingerprint density at radius 1 is 1.83 bits per heavy atom. The largest absolute Gasteiger partial charge is 0.375 e. The standard InChI is InChI=1S/C8H9ClN2S/c1-3-6(5(2)9)7-4-12-8(10)11-7/h3-4H,1H2,2H3,(H2,10,11)/b6-5-. The first-order chi connectivity index (χ1) is 5.65. The highest BCUT2D eigenvalue weighted by atomic mass is 35.5. The third-order valence-corrected chi connectivity index (χ3v) is 2.25. The number of allylic oxidation sites excluding steroid dienone is 3. The predicted octanol–water partition coefficient (Wildman–Crippen LogP) is 2.88. The van der Waals surface area contributed by atoms with Crippen molar-refractivity contribution in [2.45, 2.75) is 6.92 Å². The number of rotatable bonds is 2. The van der Waals surface area contributed by atoms with Crippen LogP contribution in [0.2, 0.25) is 0 Å². The Kier molecular flexibility index (Phi) is 2.89. The second kappa shape index (κ2) is 3.74. The Morgan fingerprint density at radius 3 is 2.83 bits per heavy atom. The van der Waals surface area contributed by atoms with E-state index in [-0.39, 0.29) is 0 Å². The summed E-state index contributed by atoms with van der Waals surface area (Å²) < 4.78 is 0. The zero-order chi connectivity index (χ0) is 9.14. The van der Waals surface area contributed by atoms with Gasteiger partial charge in [-0.05, 0) is 6.92 Å². The lowest BCUT2D eigenvalue weighted by atomic mass is 10.2. The quantitative estimate of drug-likeness (QED) is 0.746. The summed E-state index contributed by atoms with van der Waals surface area (Å²) in [5.41, 5.74) is 7.11. The molecule has 0 amide bonds. The number of aromatic nitrogens is 1. The van der Waals surface area contributed by atoms with E-state index in [2.05, 4.69) is 11.6 Å². The van der Waals surface area contributed by atoms with Crippen molar-refractivity contribution in [3.8, 4) is 0 Å². The predicted molar refractivity (Wildman–Crippen MR) is 55.2 cm³/mol. The SMILES string of the molecule is C=C/C(=C(\C)Cl)c1csc(N)n1. The summed E-state index contributed by atoms with van der Waals surface area (Å²) in [6.07, 6.45) is 1.68. The smallest absolute Gasteiger partial charge is 0.180 e. The molecule has 64 valence electrons. The molecule has 1 rings (SSSR count). The van der Waals surface area contributed by atoms with Crippen LogP contribution in [0.25, 0.3) is 5.57 Å². The van der Waals surface area contributed by atoms with Gasteiger partial charge in [0, 0.05) is 16.0 Å². The molecule has 2 nitrogen and oxygen atoms in total. The molecule has 1 aromatic rings. The van der Waals surface area contributed by atoms with Gasteiger partial charge in [0.1, 0.15) is 0 Å². The number of halogens is 1. The zero-order valence-corrected chi connectivity index (χ0v) is 8.25. The molecule has 0 aliphatic rings. The van der Waals surface area contributed by atoms with E-state index < -0.39 is 0 Å². The molecule has 0 spiro atoms. The van der Waals surface area contributed by atoms with E-state index in [4.69, 9.17) is 17.3 Å². The zero-order valence-electron chi connectivity index (χ0n) is 6.67. The number of nitrogens with zero attached hydrogens (tertiary/aromatic N) is 1. The third-order valence-electron chi connectivity index (χ3n) is 1.37. The van der Waals surface area contributed by atoms with Crippen molar-refractivity contribution in [1.82, 2.24) is 4.98 Å². The van der Waals surface area contributed by atoms with Gasteiger partial charge >= 0.3 is 0 Å². The molecule has 0 unspecified atom stereocenters. The average molecular weight is 201 g/mol. The van der Waals surface area contributed by atoms with Gasteiger partial charge in [-0.2, -0.15) is 0 Å². The Hall–Kier alpha value is -0.800. The molecule has 1 heterocycles. The highest BCUT2D eigenvalue weighted by molar-refractivity contribution is 7.13. The van der Waals surface area contributed by atoms with Crippen LogP contribution in [-0.4, -0.2) is 4.98 Å². The van der Waals surface area contributed by atoms with Gasteiger partial charge < -0.3 is 5.73 Å². The second-order valence-electron chi connectivity index (χ2n) is 2.22. The van der Waals surface area contributed by atoms with Gasteiger partial charge in [0.05, 0.1) is 5.69 Å². The monoisotopic (exact) mass is 200 g/mol. The summed E-state index contributed by atoms with van der Waals surface area (Å²) in [6.45, 7) is 5.45. The first-order valence-electron chi connectivity index (χ1n) is 3.35. The Labute approximate surface area is 80.4 Å². The molecule has 0 fully saturated rings. The number of hydrogen-bond donors (Lipinski definition) is 1. The molecule has 0 saturated carbocycles. The van der Waals surface area contributed by atoms with Crippen molar-refractivity contribution in [1.29, 1.82) is 0 Å². The summed E-state index contributed by atoms with van der Waals surface area (Å²) >= 11 is 7.21. The Morgan fingerprint density at radius 2 is 2.50 bits per heavy atom. The molecule has 12 heavy (non-hydrogen) atoms. The maximum Gasteiger partial charge on any atom is 0.180 e. The van der Waals surface area contributed by atoms with Crippen molar-refractivity contribution in [3.63, 3.8) is 0 Å². The summed E-state index contributed by atoms with van der Waals surface area (Å²) in [7, 11) is 0. The maximum atomic E-state index is 5.82. The van der Waals surface area contributed by atoms with Crippen LogP contribution in [-0.2, 0) is 0 Å². The van der Waals surface area contributed by atoms with E-state index in [9.17, 15) is 0 Å². The molecule has 0 atom stereocenters. The van der Waals surface area contributed by atoms with Crippen molar-refractivity contribution in [3.05, 3.63) is 28.8 Å². The number of nitrogens with two attached hydrogens (primary N) is 1. The topological polar surface area (TPSA) is 38.9 Å². The highest BCUT2D eigenvalue weighted by Crippen LogP contribution is 2.24. The average Bonchev–Trinajstić information content (AvgIpc) is 2.37.